The second kappa shape index (κ2) is 5.07. The Morgan fingerprint density at radius 1 is 1.41 bits per heavy atom. The second-order valence-electron chi connectivity index (χ2n) is 5.17. The number of benzene rings is 1. The predicted octanol–water partition coefficient (Wildman–Crippen LogP) is 1.88. The average molecular weight is 235 g/mol. The van der Waals surface area contributed by atoms with Crippen LogP contribution >= 0.6 is 0 Å². The first-order valence-electron chi connectivity index (χ1n) is 6.21. The molecule has 2 rings (SSSR count). The van der Waals surface area contributed by atoms with E-state index in [9.17, 15) is 5.11 Å². The fraction of sp³-hybridized carbons (Fsp3) is 0.571. The third kappa shape index (κ3) is 3.72. The van der Waals surface area contributed by atoms with Crippen molar-refractivity contribution >= 4 is 0 Å². The van der Waals surface area contributed by atoms with E-state index in [1.165, 1.54) is 12.8 Å². The number of nitrogens with one attached hydrogen (secondary N) is 1. The number of β-amino-alcohol motifs (C(OH)–C–C–N with tert-alkyl or cyclic N) is 1. The van der Waals surface area contributed by atoms with Crippen molar-refractivity contribution in [2.24, 2.45) is 0 Å². The largest absolute Gasteiger partial charge is 0.491 e. The van der Waals surface area contributed by atoms with Gasteiger partial charge in [0.05, 0.1) is 0 Å². The van der Waals surface area contributed by atoms with E-state index >= 15 is 0 Å². The quantitative estimate of drug-likeness (QED) is 0.791. The van der Waals surface area contributed by atoms with E-state index in [4.69, 9.17) is 4.74 Å². The summed E-state index contributed by atoms with van der Waals surface area (Å²) in [7, 11) is 0. The van der Waals surface area contributed by atoms with Crippen molar-refractivity contribution in [3.63, 3.8) is 0 Å². The van der Waals surface area contributed by atoms with Gasteiger partial charge in [0.15, 0.2) is 0 Å². The molecular formula is C14H21NO2. The molecule has 1 aromatic rings. The Labute approximate surface area is 103 Å². The third-order valence-corrected chi connectivity index (χ3v) is 3.29. The smallest absolute Gasteiger partial charge is 0.122 e. The monoisotopic (exact) mass is 235 g/mol. The molecule has 94 valence electrons. The number of aliphatic hydroxyl groups is 1. The average Bonchev–Trinajstić information content (AvgIpc) is 3.04. The van der Waals surface area contributed by atoms with Gasteiger partial charge in [0.2, 0.25) is 0 Å². The van der Waals surface area contributed by atoms with E-state index in [2.05, 4.69) is 12.2 Å². The number of ether oxygens (including phenoxy) is 1. The van der Waals surface area contributed by atoms with Crippen LogP contribution < -0.4 is 10.1 Å². The first kappa shape index (κ1) is 12.4. The first-order valence-corrected chi connectivity index (χ1v) is 6.21. The fourth-order valence-electron chi connectivity index (χ4n) is 1.69. The van der Waals surface area contributed by atoms with Crippen LogP contribution in [0.1, 0.15) is 25.3 Å². The van der Waals surface area contributed by atoms with E-state index in [1.54, 1.807) is 0 Å². The summed E-state index contributed by atoms with van der Waals surface area (Å²) in [4.78, 5) is 0. The maximum absolute atomic E-state index is 9.80. The van der Waals surface area contributed by atoms with Crippen molar-refractivity contribution in [2.75, 3.05) is 13.2 Å². The minimum absolute atomic E-state index is 0.268. The molecule has 1 fully saturated rings. The maximum Gasteiger partial charge on any atom is 0.122 e. The topological polar surface area (TPSA) is 41.5 Å². The molecule has 0 amide bonds. The molecule has 3 heteroatoms. The molecule has 0 spiro atoms. The van der Waals surface area contributed by atoms with E-state index in [0.717, 1.165) is 11.3 Å². The molecule has 1 aliphatic carbocycles. The van der Waals surface area contributed by atoms with Crippen LogP contribution in [0, 0.1) is 6.92 Å². The summed E-state index contributed by atoms with van der Waals surface area (Å²) in [6.07, 6.45) is 1.96. The summed E-state index contributed by atoms with van der Waals surface area (Å²) in [5.74, 6) is 0.851. The minimum Gasteiger partial charge on any atom is -0.491 e. The van der Waals surface area contributed by atoms with Gasteiger partial charge in [-0.1, -0.05) is 18.2 Å². The Morgan fingerprint density at radius 3 is 2.76 bits per heavy atom. The highest BCUT2D eigenvalue weighted by atomic mass is 16.5. The molecule has 2 N–H and O–H groups in total. The molecule has 1 saturated carbocycles. The summed E-state index contributed by atoms with van der Waals surface area (Å²) in [6.45, 7) is 5.13. The highest BCUT2D eigenvalue weighted by Crippen LogP contribution is 2.34. The second-order valence-corrected chi connectivity index (χ2v) is 5.17. The van der Waals surface area contributed by atoms with E-state index in [0.29, 0.717) is 13.2 Å². The van der Waals surface area contributed by atoms with Gasteiger partial charge in [-0.2, -0.15) is 0 Å². The van der Waals surface area contributed by atoms with Crippen molar-refractivity contribution < 1.29 is 9.84 Å². The zero-order valence-corrected chi connectivity index (χ0v) is 10.6. The first-order chi connectivity index (χ1) is 8.09. The summed E-state index contributed by atoms with van der Waals surface area (Å²) in [5, 5.41) is 13.2. The number of rotatable bonds is 6. The molecule has 0 saturated heterocycles. The molecule has 1 aromatic carbocycles. The molecule has 0 radical (unpaired) electrons. The van der Waals surface area contributed by atoms with Gasteiger partial charge in [0.25, 0.3) is 0 Å². The molecule has 1 unspecified atom stereocenters. The van der Waals surface area contributed by atoms with Crippen LogP contribution in [0.4, 0.5) is 0 Å². The van der Waals surface area contributed by atoms with Gasteiger partial charge in [-0.15, -0.1) is 0 Å². The standard InChI is InChI=1S/C14H21NO2/c1-11-5-3-4-6-13(11)17-10-12(16)9-15-14(2)7-8-14/h3-6,12,15-16H,7-10H2,1-2H3. The lowest BCUT2D eigenvalue weighted by Crippen LogP contribution is -2.37. The Balaban J connectivity index is 1.72. The zero-order chi connectivity index (χ0) is 12.3. The van der Waals surface area contributed by atoms with E-state index in [1.807, 2.05) is 31.2 Å². The molecule has 17 heavy (non-hydrogen) atoms. The van der Waals surface area contributed by atoms with Gasteiger partial charge in [0.1, 0.15) is 18.5 Å². The summed E-state index contributed by atoms with van der Waals surface area (Å²) >= 11 is 0. The van der Waals surface area contributed by atoms with Crippen molar-refractivity contribution in [3.8, 4) is 5.75 Å². The van der Waals surface area contributed by atoms with Crippen LogP contribution in [0.25, 0.3) is 0 Å². The maximum atomic E-state index is 9.80. The van der Waals surface area contributed by atoms with Crippen LogP contribution in [-0.2, 0) is 0 Å². The molecule has 3 nitrogen and oxygen atoms in total. The lowest BCUT2D eigenvalue weighted by atomic mass is 10.2. The van der Waals surface area contributed by atoms with Crippen LogP contribution in [0.5, 0.6) is 5.75 Å². The van der Waals surface area contributed by atoms with E-state index in [-0.39, 0.29) is 5.54 Å². The molecule has 0 bridgehead atoms. The van der Waals surface area contributed by atoms with Crippen molar-refractivity contribution in [3.05, 3.63) is 29.8 Å². The van der Waals surface area contributed by atoms with Gasteiger partial charge in [0, 0.05) is 12.1 Å². The fourth-order valence-corrected chi connectivity index (χ4v) is 1.69. The third-order valence-electron chi connectivity index (χ3n) is 3.29. The van der Waals surface area contributed by atoms with Gasteiger partial charge in [-0.05, 0) is 38.3 Å². The van der Waals surface area contributed by atoms with Crippen LogP contribution in [0.15, 0.2) is 24.3 Å². The molecule has 1 atom stereocenters. The number of aliphatic hydroxyl groups excluding tert-OH is 1. The molecule has 0 aromatic heterocycles. The molecular weight excluding hydrogens is 214 g/mol. The van der Waals surface area contributed by atoms with E-state index < -0.39 is 6.10 Å². The minimum atomic E-state index is -0.452. The van der Waals surface area contributed by atoms with Crippen LogP contribution in [-0.4, -0.2) is 29.9 Å². The Kier molecular flexibility index (Phi) is 3.69. The van der Waals surface area contributed by atoms with Gasteiger partial charge >= 0.3 is 0 Å². The SMILES string of the molecule is Cc1ccccc1OCC(O)CNC1(C)CC1. The predicted molar refractivity (Wildman–Crippen MR) is 68.3 cm³/mol. The van der Waals surface area contributed by atoms with Crippen molar-refractivity contribution in [1.82, 2.24) is 5.32 Å². The van der Waals surface area contributed by atoms with Crippen molar-refractivity contribution in [2.45, 2.75) is 38.3 Å². The summed E-state index contributed by atoms with van der Waals surface area (Å²) in [6, 6.07) is 7.86. The normalized spacial score (nSPS) is 18.8. The number of hydrogen-bond acceptors (Lipinski definition) is 3. The van der Waals surface area contributed by atoms with Gasteiger partial charge in [-0.25, -0.2) is 0 Å². The number of hydrogen-bond donors (Lipinski definition) is 2. The zero-order valence-electron chi connectivity index (χ0n) is 10.6. The lowest BCUT2D eigenvalue weighted by Gasteiger charge is -2.17. The molecule has 1 aliphatic rings. The van der Waals surface area contributed by atoms with Crippen LogP contribution in [0.3, 0.4) is 0 Å². The van der Waals surface area contributed by atoms with Gasteiger partial charge in [-0.3, -0.25) is 0 Å². The Hall–Kier alpha value is -1.06. The highest BCUT2D eigenvalue weighted by molar-refractivity contribution is 5.31. The van der Waals surface area contributed by atoms with Crippen LogP contribution in [0.2, 0.25) is 0 Å². The van der Waals surface area contributed by atoms with Gasteiger partial charge < -0.3 is 15.2 Å². The summed E-state index contributed by atoms with van der Waals surface area (Å²) in [5.41, 5.74) is 1.37. The number of aryl methyl sites for hydroxylation is 1. The van der Waals surface area contributed by atoms with Crippen molar-refractivity contribution in [1.29, 1.82) is 0 Å². The number of para-hydroxylation sites is 1. The Morgan fingerprint density at radius 2 is 2.12 bits per heavy atom. The highest BCUT2D eigenvalue weighted by Gasteiger charge is 2.36. The molecule has 0 heterocycles. The molecule has 0 aliphatic heterocycles. The lowest BCUT2D eigenvalue weighted by molar-refractivity contribution is 0.103. The Bertz CT molecular complexity index is 374. The summed E-state index contributed by atoms with van der Waals surface area (Å²) < 4.78 is 5.59.